The van der Waals surface area contributed by atoms with Crippen molar-refractivity contribution in [3.8, 4) is 28.4 Å². The van der Waals surface area contributed by atoms with Crippen LogP contribution in [0, 0.1) is 0 Å². The molecule has 0 N–H and O–H groups in total. The van der Waals surface area contributed by atoms with E-state index in [2.05, 4.69) is 98.7 Å². The summed E-state index contributed by atoms with van der Waals surface area (Å²) in [5.41, 5.74) is 6.71. The molecular formula is C51H60O9P2. The summed E-state index contributed by atoms with van der Waals surface area (Å²) in [4.78, 5) is 36.3. The molecule has 0 radical (unpaired) electrons. The molecule has 0 aromatic heterocycles. The summed E-state index contributed by atoms with van der Waals surface area (Å²) in [6, 6.07) is 34.1. The predicted octanol–water partition coefficient (Wildman–Crippen LogP) is 10.8. The number of methoxy groups -OCH3 is 3. The van der Waals surface area contributed by atoms with Crippen LogP contribution in [0.4, 0.5) is 0 Å². The van der Waals surface area contributed by atoms with Gasteiger partial charge in [0.05, 0.1) is 45.9 Å². The smallest absolute Gasteiger partial charge is 0.326 e. The molecule has 0 saturated carbocycles. The van der Waals surface area contributed by atoms with E-state index < -0.39 is 8.38 Å². The molecule has 0 spiro atoms. The van der Waals surface area contributed by atoms with E-state index in [0.29, 0.717) is 11.5 Å². The van der Waals surface area contributed by atoms with Crippen LogP contribution in [0.15, 0.2) is 103 Å². The van der Waals surface area contributed by atoms with Crippen molar-refractivity contribution in [3.63, 3.8) is 0 Å². The second kappa shape index (κ2) is 20.3. The Morgan fingerprint density at radius 2 is 0.806 bits per heavy atom. The number of hydrogen-bond donors (Lipinski definition) is 0. The molecule has 5 aromatic carbocycles. The van der Waals surface area contributed by atoms with Gasteiger partial charge in [-0.3, -0.25) is 14.4 Å². The van der Waals surface area contributed by atoms with E-state index in [4.69, 9.17) is 27.8 Å². The summed E-state index contributed by atoms with van der Waals surface area (Å²) in [7, 11) is 2.52. The van der Waals surface area contributed by atoms with Crippen molar-refractivity contribution in [2.45, 2.75) is 97.8 Å². The molecule has 0 bridgehead atoms. The molecule has 1 unspecified atom stereocenters. The van der Waals surface area contributed by atoms with Crippen molar-refractivity contribution in [1.82, 2.24) is 0 Å². The lowest BCUT2D eigenvalue weighted by Gasteiger charge is -2.28. The van der Waals surface area contributed by atoms with Gasteiger partial charge in [0.25, 0.3) is 0 Å². The van der Waals surface area contributed by atoms with Gasteiger partial charge in [-0.2, -0.15) is 0 Å². The average molecular weight is 879 g/mol. The summed E-state index contributed by atoms with van der Waals surface area (Å²) in [5, 5.41) is 1.91. The molecule has 11 heteroatoms. The third-order valence-corrected chi connectivity index (χ3v) is 12.6. The summed E-state index contributed by atoms with van der Waals surface area (Å²) >= 11 is 0. The molecule has 5 aromatic rings. The fourth-order valence-electron chi connectivity index (χ4n) is 6.71. The first-order valence-corrected chi connectivity index (χ1v) is 22.7. The average Bonchev–Trinajstić information content (AvgIpc) is 3.22. The van der Waals surface area contributed by atoms with Crippen molar-refractivity contribution >= 4 is 45.7 Å². The number of hydrogen-bond acceptors (Lipinski definition) is 9. The SMILES string of the molecule is COC(=O)Cc1ccc(OPc2ccc(-c3ccc(P(Oc4ccc(CC(=O)OC)cc4C(C)(C)C)Oc4ccc(CC(=O)OC)cc4C(C)(C)C)cc3)cc2)c(C(C)(C)C)c1. The maximum atomic E-state index is 12.2. The lowest BCUT2D eigenvalue weighted by atomic mass is 9.85. The van der Waals surface area contributed by atoms with E-state index in [1.165, 1.54) is 21.3 Å². The van der Waals surface area contributed by atoms with Gasteiger partial charge in [-0.15, -0.1) is 0 Å². The maximum Gasteiger partial charge on any atom is 0.326 e. The Kier molecular flexibility index (Phi) is 15.7. The van der Waals surface area contributed by atoms with Crippen LogP contribution in [-0.2, 0) is 64.1 Å². The highest BCUT2D eigenvalue weighted by atomic mass is 31.2. The number of carbonyl (C=O) groups excluding carboxylic acids is 3. The summed E-state index contributed by atoms with van der Waals surface area (Å²) in [6.45, 7) is 19.1. The minimum Gasteiger partial charge on any atom is -0.472 e. The largest absolute Gasteiger partial charge is 0.472 e. The number of ether oxygens (including phenoxy) is 3. The number of benzene rings is 5. The Morgan fingerprint density at radius 1 is 0.468 bits per heavy atom. The number of rotatable bonds is 15. The van der Waals surface area contributed by atoms with Crippen LogP contribution in [0.3, 0.4) is 0 Å². The molecular weight excluding hydrogens is 818 g/mol. The van der Waals surface area contributed by atoms with Gasteiger partial charge in [-0.1, -0.05) is 135 Å². The fourth-order valence-corrected chi connectivity index (χ4v) is 8.73. The molecule has 0 amide bonds. The van der Waals surface area contributed by atoms with Gasteiger partial charge in [0.15, 0.2) is 0 Å². The van der Waals surface area contributed by atoms with Crippen molar-refractivity contribution in [3.05, 3.63) is 137 Å². The molecule has 1 atom stereocenters. The van der Waals surface area contributed by atoms with Gasteiger partial charge >= 0.3 is 26.3 Å². The minimum absolute atomic E-state index is 0.0869. The van der Waals surface area contributed by atoms with E-state index in [9.17, 15) is 14.4 Å². The van der Waals surface area contributed by atoms with E-state index in [1.807, 2.05) is 66.7 Å². The molecule has 0 aliphatic rings. The quantitative estimate of drug-likeness (QED) is 0.0577. The highest BCUT2D eigenvalue weighted by Crippen LogP contribution is 2.46. The zero-order valence-electron chi connectivity index (χ0n) is 38.1. The Hall–Kier alpha value is -5.23. The molecule has 0 aliphatic carbocycles. The standard InChI is InChI=1S/C51H60O9P2/c1-49(2,3)40-27-33(30-46(52)55-10)13-24-43(40)58-61-38-20-16-36(17-21-38)37-18-22-39(23-19-37)62(59-44-25-14-34(31-47(53)56-11)28-41(44)50(4,5)6)60-45-26-15-35(32-48(54)57-12)29-42(45)51(7,8)9/h13-29,61H,30-32H2,1-12H3. The topological polar surface area (TPSA) is 107 Å². The van der Waals surface area contributed by atoms with Crippen LogP contribution in [0.1, 0.15) is 95.7 Å². The van der Waals surface area contributed by atoms with Crippen molar-refractivity contribution < 1.29 is 42.2 Å². The molecule has 0 fully saturated rings. The second-order valence-corrected chi connectivity index (χ2v) is 20.6. The van der Waals surface area contributed by atoms with Gasteiger partial charge in [0.2, 0.25) is 0 Å². The molecule has 5 rings (SSSR count). The van der Waals surface area contributed by atoms with E-state index in [-0.39, 0.29) is 62.2 Å². The molecule has 328 valence electrons. The lowest BCUT2D eigenvalue weighted by molar-refractivity contribution is -0.140. The van der Waals surface area contributed by atoms with Crippen molar-refractivity contribution in [1.29, 1.82) is 0 Å². The maximum absolute atomic E-state index is 12.2. The first-order chi connectivity index (χ1) is 29.2. The third-order valence-electron chi connectivity index (χ3n) is 10.2. The van der Waals surface area contributed by atoms with Gasteiger partial charge in [-0.25, -0.2) is 0 Å². The van der Waals surface area contributed by atoms with Gasteiger partial charge in [-0.05, 0) is 74.4 Å². The summed E-state index contributed by atoms with van der Waals surface area (Å²) < 4.78 is 35.0. The minimum atomic E-state index is -1.75. The molecule has 9 nitrogen and oxygen atoms in total. The predicted molar refractivity (Wildman–Crippen MR) is 251 cm³/mol. The fraction of sp³-hybridized carbons (Fsp3) is 0.353. The summed E-state index contributed by atoms with van der Waals surface area (Å²) in [5.74, 6) is 1.21. The summed E-state index contributed by atoms with van der Waals surface area (Å²) in [6.07, 6.45) is 0.517. The lowest BCUT2D eigenvalue weighted by Crippen LogP contribution is -2.18. The normalized spacial score (nSPS) is 12.0. The van der Waals surface area contributed by atoms with Crippen LogP contribution < -0.4 is 24.2 Å². The van der Waals surface area contributed by atoms with Gasteiger partial charge < -0.3 is 27.8 Å². The Bertz CT molecular complexity index is 2270. The zero-order chi connectivity index (χ0) is 45.4. The molecule has 62 heavy (non-hydrogen) atoms. The van der Waals surface area contributed by atoms with Crippen LogP contribution in [0.5, 0.6) is 17.2 Å². The van der Waals surface area contributed by atoms with Gasteiger partial charge in [0, 0.05) is 22.0 Å². The first-order valence-electron chi connectivity index (χ1n) is 20.6. The molecule has 0 saturated heterocycles. The van der Waals surface area contributed by atoms with E-state index in [0.717, 1.165) is 60.9 Å². The van der Waals surface area contributed by atoms with Crippen molar-refractivity contribution in [2.75, 3.05) is 21.3 Å². The van der Waals surface area contributed by atoms with Crippen molar-refractivity contribution in [2.24, 2.45) is 0 Å². The van der Waals surface area contributed by atoms with E-state index in [1.54, 1.807) is 0 Å². The highest BCUT2D eigenvalue weighted by Gasteiger charge is 2.29. The zero-order valence-corrected chi connectivity index (χ0v) is 40.0. The monoisotopic (exact) mass is 878 g/mol. The van der Waals surface area contributed by atoms with Gasteiger partial charge in [0.1, 0.15) is 26.1 Å². The Morgan fingerprint density at radius 3 is 1.16 bits per heavy atom. The Balaban J connectivity index is 1.44. The Labute approximate surface area is 370 Å². The number of carbonyl (C=O) groups is 3. The van der Waals surface area contributed by atoms with Crippen LogP contribution in [-0.4, -0.2) is 39.2 Å². The van der Waals surface area contributed by atoms with E-state index >= 15 is 0 Å². The van der Waals surface area contributed by atoms with Crippen LogP contribution in [0.2, 0.25) is 0 Å². The van der Waals surface area contributed by atoms with Crippen LogP contribution >= 0.6 is 17.2 Å². The first kappa shape index (κ1) is 47.8. The third kappa shape index (κ3) is 12.9. The van der Waals surface area contributed by atoms with Crippen LogP contribution in [0.25, 0.3) is 11.1 Å². The highest BCUT2D eigenvalue weighted by molar-refractivity contribution is 7.56. The number of esters is 3. The second-order valence-electron chi connectivity index (χ2n) is 18.3. The molecule has 0 aliphatic heterocycles. The molecule has 0 heterocycles.